The topological polar surface area (TPSA) is 0 Å². The second kappa shape index (κ2) is 4.83. The van der Waals surface area contributed by atoms with Crippen molar-refractivity contribution in [2.45, 2.75) is 51.7 Å². The van der Waals surface area contributed by atoms with Crippen molar-refractivity contribution in [1.82, 2.24) is 0 Å². The molecular weight excluding hydrogens is 212 g/mol. The molecule has 0 saturated heterocycles. The van der Waals surface area contributed by atoms with E-state index in [2.05, 4.69) is 65.0 Å². The summed E-state index contributed by atoms with van der Waals surface area (Å²) in [6.45, 7) is 11.3. The monoisotopic (exact) mass is 236 g/mol. The van der Waals surface area contributed by atoms with E-state index in [0.29, 0.717) is 11.3 Å². The molecule has 0 fully saturated rings. The quantitative estimate of drug-likeness (QED) is 0.708. The van der Waals surface area contributed by atoms with E-state index in [1.807, 2.05) is 0 Å². The van der Waals surface area contributed by atoms with Gasteiger partial charge in [-0.3, -0.25) is 0 Å². The van der Waals surface area contributed by atoms with E-state index in [1.54, 1.807) is 0 Å². The Labute approximate surface area is 106 Å². The van der Waals surface area contributed by atoms with Gasteiger partial charge in [-0.25, -0.2) is 0 Å². The molecular formula is C15H24S. The van der Waals surface area contributed by atoms with Gasteiger partial charge in [0.15, 0.2) is 0 Å². The third kappa shape index (κ3) is 4.21. The van der Waals surface area contributed by atoms with Crippen LogP contribution in [-0.2, 0) is 0 Å². The van der Waals surface area contributed by atoms with Gasteiger partial charge in [-0.1, -0.05) is 65.0 Å². The maximum Gasteiger partial charge on any atom is 0.0142 e. The van der Waals surface area contributed by atoms with E-state index in [-0.39, 0.29) is 4.75 Å². The van der Waals surface area contributed by atoms with Gasteiger partial charge in [-0.2, -0.15) is 12.6 Å². The fourth-order valence-electron chi connectivity index (χ4n) is 2.07. The molecule has 0 amide bonds. The van der Waals surface area contributed by atoms with Gasteiger partial charge in [-0.15, -0.1) is 0 Å². The highest BCUT2D eigenvalue weighted by Crippen LogP contribution is 2.41. The van der Waals surface area contributed by atoms with Crippen LogP contribution >= 0.6 is 12.6 Å². The van der Waals surface area contributed by atoms with Crippen LogP contribution in [0.4, 0.5) is 0 Å². The first-order valence-electron chi connectivity index (χ1n) is 5.97. The first kappa shape index (κ1) is 13.6. The van der Waals surface area contributed by atoms with Crippen molar-refractivity contribution < 1.29 is 0 Å². The second-order valence-corrected chi connectivity index (χ2v) is 7.53. The Morgan fingerprint density at radius 3 is 1.88 bits per heavy atom. The Morgan fingerprint density at radius 1 is 1.00 bits per heavy atom. The van der Waals surface area contributed by atoms with E-state index in [4.69, 9.17) is 12.6 Å². The Kier molecular flexibility index (Phi) is 4.12. The molecule has 0 aliphatic heterocycles. The molecule has 0 heterocycles. The molecule has 90 valence electrons. The van der Waals surface area contributed by atoms with Crippen LogP contribution in [0.2, 0.25) is 0 Å². The summed E-state index contributed by atoms with van der Waals surface area (Å²) in [4.78, 5) is 0. The minimum absolute atomic E-state index is 0.0225. The Hall–Kier alpha value is -0.430. The summed E-state index contributed by atoms with van der Waals surface area (Å²) in [6, 6.07) is 10.7. The molecule has 0 aromatic heterocycles. The summed E-state index contributed by atoms with van der Waals surface area (Å²) >= 11 is 4.77. The average molecular weight is 236 g/mol. The lowest BCUT2D eigenvalue weighted by Gasteiger charge is -2.35. The second-order valence-electron chi connectivity index (χ2n) is 6.38. The van der Waals surface area contributed by atoms with Crippen LogP contribution in [0.5, 0.6) is 0 Å². The van der Waals surface area contributed by atoms with E-state index in [0.717, 1.165) is 6.42 Å². The molecule has 0 radical (unpaired) electrons. The van der Waals surface area contributed by atoms with Crippen LogP contribution < -0.4 is 0 Å². The number of hydrogen-bond acceptors (Lipinski definition) is 1. The van der Waals surface area contributed by atoms with Crippen molar-refractivity contribution in [2.24, 2.45) is 5.41 Å². The summed E-state index contributed by atoms with van der Waals surface area (Å²) in [5.74, 6) is 0.497. The predicted octanol–water partition coefficient (Wildman–Crippen LogP) is 4.91. The fraction of sp³-hybridized carbons (Fsp3) is 0.600. The molecule has 1 aromatic rings. The van der Waals surface area contributed by atoms with Crippen molar-refractivity contribution in [3.63, 3.8) is 0 Å². The summed E-state index contributed by atoms with van der Waals surface area (Å²) in [6.07, 6.45) is 1.16. The lowest BCUT2D eigenvalue weighted by atomic mass is 9.76. The molecule has 16 heavy (non-hydrogen) atoms. The molecule has 0 bridgehead atoms. The molecule has 0 spiro atoms. The number of benzene rings is 1. The summed E-state index contributed by atoms with van der Waals surface area (Å²) in [7, 11) is 0. The smallest absolute Gasteiger partial charge is 0.0142 e. The Bertz CT molecular complexity index is 314. The number of thiol groups is 1. The first-order chi connectivity index (χ1) is 7.20. The minimum Gasteiger partial charge on any atom is -0.172 e. The van der Waals surface area contributed by atoms with Crippen LogP contribution in [0.1, 0.15) is 52.5 Å². The predicted molar refractivity (Wildman–Crippen MR) is 76.3 cm³/mol. The van der Waals surface area contributed by atoms with Crippen LogP contribution in [0, 0.1) is 5.41 Å². The highest BCUT2D eigenvalue weighted by atomic mass is 32.1. The number of hydrogen-bond donors (Lipinski definition) is 1. The zero-order chi connectivity index (χ0) is 12.4. The van der Waals surface area contributed by atoms with Gasteiger partial charge in [0, 0.05) is 4.75 Å². The third-order valence-corrected chi connectivity index (χ3v) is 3.18. The van der Waals surface area contributed by atoms with E-state index in [9.17, 15) is 0 Å². The molecule has 0 saturated carbocycles. The molecule has 1 aromatic carbocycles. The van der Waals surface area contributed by atoms with Gasteiger partial charge in [0.2, 0.25) is 0 Å². The van der Waals surface area contributed by atoms with Crippen molar-refractivity contribution >= 4 is 12.6 Å². The Balaban J connectivity index is 2.98. The van der Waals surface area contributed by atoms with E-state index >= 15 is 0 Å². The van der Waals surface area contributed by atoms with Crippen LogP contribution in [0.25, 0.3) is 0 Å². The van der Waals surface area contributed by atoms with Gasteiger partial charge >= 0.3 is 0 Å². The van der Waals surface area contributed by atoms with Crippen LogP contribution in [-0.4, -0.2) is 4.75 Å². The molecule has 1 heteroatoms. The van der Waals surface area contributed by atoms with Gasteiger partial charge < -0.3 is 0 Å². The summed E-state index contributed by atoms with van der Waals surface area (Å²) in [5.41, 5.74) is 1.73. The molecule has 0 aliphatic carbocycles. The van der Waals surface area contributed by atoms with E-state index in [1.165, 1.54) is 5.56 Å². The maximum absolute atomic E-state index is 4.77. The Morgan fingerprint density at radius 2 is 1.50 bits per heavy atom. The lowest BCUT2D eigenvalue weighted by Crippen LogP contribution is -2.27. The summed E-state index contributed by atoms with van der Waals surface area (Å²) < 4.78 is 0.0225. The van der Waals surface area contributed by atoms with Gasteiger partial charge in [-0.05, 0) is 23.3 Å². The molecule has 0 nitrogen and oxygen atoms in total. The maximum atomic E-state index is 4.77. The van der Waals surface area contributed by atoms with Crippen LogP contribution in [0.15, 0.2) is 30.3 Å². The molecule has 1 atom stereocenters. The molecule has 0 aliphatic rings. The molecule has 1 rings (SSSR count). The van der Waals surface area contributed by atoms with Crippen molar-refractivity contribution in [3.8, 4) is 0 Å². The zero-order valence-corrected chi connectivity index (χ0v) is 12.0. The van der Waals surface area contributed by atoms with Crippen molar-refractivity contribution in [3.05, 3.63) is 35.9 Å². The van der Waals surface area contributed by atoms with Crippen molar-refractivity contribution in [1.29, 1.82) is 0 Å². The molecule has 1 unspecified atom stereocenters. The van der Waals surface area contributed by atoms with Crippen molar-refractivity contribution in [2.75, 3.05) is 0 Å². The van der Waals surface area contributed by atoms with Gasteiger partial charge in [0.1, 0.15) is 0 Å². The summed E-state index contributed by atoms with van der Waals surface area (Å²) in [5, 5.41) is 0. The first-order valence-corrected chi connectivity index (χ1v) is 6.42. The van der Waals surface area contributed by atoms with Crippen LogP contribution in [0.3, 0.4) is 0 Å². The third-order valence-electron chi connectivity index (χ3n) is 2.87. The normalized spacial score (nSPS) is 14.9. The standard InChI is InChI=1S/C15H24S/c1-14(2,3)11-13(15(4,5)16)12-9-7-6-8-10-12/h6-10,13,16H,11H2,1-5H3. The van der Waals surface area contributed by atoms with Gasteiger partial charge in [0.25, 0.3) is 0 Å². The van der Waals surface area contributed by atoms with Gasteiger partial charge in [0.05, 0.1) is 0 Å². The zero-order valence-electron chi connectivity index (χ0n) is 11.1. The number of rotatable bonds is 3. The fourth-order valence-corrected chi connectivity index (χ4v) is 2.31. The largest absolute Gasteiger partial charge is 0.172 e. The highest BCUT2D eigenvalue weighted by Gasteiger charge is 2.30. The lowest BCUT2D eigenvalue weighted by molar-refractivity contribution is 0.315. The minimum atomic E-state index is 0.0225. The highest BCUT2D eigenvalue weighted by molar-refractivity contribution is 7.81. The van der Waals surface area contributed by atoms with E-state index < -0.39 is 0 Å². The molecule has 0 N–H and O–H groups in total. The SMILES string of the molecule is CC(C)(C)CC(c1ccccc1)C(C)(C)S. The average Bonchev–Trinajstić information content (AvgIpc) is 2.13.